The van der Waals surface area contributed by atoms with E-state index >= 15 is 0 Å². The maximum Gasteiger partial charge on any atom is 0.416 e. The molecule has 0 radical (unpaired) electrons. The molecular formula is C23H30F3NO5. The van der Waals surface area contributed by atoms with Gasteiger partial charge in [0.25, 0.3) is 0 Å². The monoisotopic (exact) mass is 457 g/mol. The van der Waals surface area contributed by atoms with Gasteiger partial charge < -0.3 is 25.8 Å². The van der Waals surface area contributed by atoms with Crippen LogP contribution in [0.3, 0.4) is 0 Å². The number of alkyl halides is 3. The Kier molecular flexibility index (Phi) is 9.74. The molecule has 1 saturated carbocycles. The molecule has 6 nitrogen and oxygen atoms in total. The number of hydrogen-bond acceptors (Lipinski definition) is 5. The predicted octanol–water partition coefficient (Wildman–Crippen LogP) is 2.96. The van der Waals surface area contributed by atoms with Gasteiger partial charge in [0, 0.05) is 18.8 Å². The molecule has 0 aliphatic heterocycles. The number of hydrogen-bond donors (Lipinski definition) is 4. The average molecular weight is 457 g/mol. The third kappa shape index (κ3) is 8.29. The van der Waals surface area contributed by atoms with Crippen molar-refractivity contribution < 1.29 is 38.0 Å². The Labute approximate surface area is 185 Å². The molecule has 1 amide bonds. The van der Waals surface area contributed by atoms with Crippen molar-refractivity contribution in [2.24, 2.45) is 17.6 Å². The summed E-state index contributed by atoms with van der Waals surface area (Å²) < 4.78 is 43.1. The first-order valence-corrected chi connectivity index (χ1v) is 10.5. The van der Waals surface area contributed by atoms with Crippen molar-refractivity contribution in [1.82, 2.24) is 0 Å². The summed E-state index contributed by atoms with van der Waals surface area (Å²) in [6.07, 6.45) is 2.43. The molecule has 1 aromatic carbocycles. The lowest BCUT2D eigenvalue weighted by atomic mass is 9.89. The fourth-order valence-electron chi connectivity index (χ4n) is 3.71. The van der Waals surface area contributed by atoms with Gasteiger partial charge in [-0.25, -0.2) is 0 Å². The molecule has 5 atom stereocenters. The van der Waals surface area contributed by atoms with Crippen LogP contribution < -0.4 is 10.5 Å². The number of carbonyl (C=O) groups excluding carboxylic acids is 1. The van der Waals surface area contributed by atoms with Crippen molar-refractivity contribution in [2.45, 2.75) is 56.6 Å². The minimum absolute atomic E-state index is 0.169. The Hall–Kier alpha value is -2.36. The molecule has 1 aromatic rings. The fourth-order valence-corrected chi connectivity index (χ4v) is 3.71. The van der Waals surface area contributed by atoms with E-state index in [1.54, 1.807) is 6.08 Å². The first-order chi connectivity index (χ1) is 15.1. The number of allylic oxidation sites excluding steroid dienone is 2. The van der Waals surface area contributed by atoms with E-state index in [1.807, 2.05) is 12.2 Å². The standard InChI is InChI=1S/C23H30F3NO5/c24-23(25,26)15-7-10-17(11-8-15)32-14-16(28)9-12-19-18(20(29)13-21(19)30)5-3-1-2-4-6-22(27)31/h1,3,7-12,16,18-21,28-30H,2,4-6,13-14H2,(H2,27,31)/b3-1+,12-9+. The van der Waals surface area contributed by atoms with Gasteiger partial charge in [0.2, 0.25) is 5.91 Å². The van der Waals surface area contributed by atoms with Crippen LogP contribution in [-0.2, 0) is 11.0 Å². The van der Waals surface area contributed by atoms with E-state index in [0.717, 1.165) is 12.1 Å². The normalized spacial score (nSPS) is 24.9. The first kappa shape index (κ1) is 25.9. The molecule has 9 heteroatoms. The zero-order chi connectivity index (χ0) is 23.7. The van der Waals surface area contributed by atoms with Crippen LogP contribution in [0.4, 0.5) is 13.2 Å². The van der Waals surface area contributed by atoms with Crippen molar-refractivity contribution in [3.05, 3.63) is 54.1 Å². The predicted molar refractivity (Wildman–Crippen MR) is 112 cm³/mol. The van der Waals surface area contributed by atoms with Crippen LogP contribution in [0, 0.1) is 11.8 Å². The molecule has 32 heavy (non-hydrogen) atoms. The van der Waals surface area contributed by atoms with Crippen LogP contribution in [0.5, 0.6) is 5.75 Å². The number of aliphatic hydroxyl groups excluding tert-OH is 3. The number of aliphatic hydroxyl groups is 3. The number of unbranched alkanes of at least 4 members (excludes halogenated alkanes) is 1. The van der Waals surface area contributed by atoms with Crippen molar-refractivity contribution in [3.8, 4) is 5.75 Å². The number of amides is 1. The van der Waals surface area contributed by atoms with Crippen molar-refractivity contribution >= 4 is 5.91 Å². The number of nitrogens with two attached hydrogens (primary N) is 1. The SMILES string of the molecule is NC(=O)CCC/C=C/CC1C(O)CC(O)C1/C=C/C(O)COc1ccc(C(F)(F)F)cc1. The Morgan fingerprint density at radius 1 is 1.19 bits per heavy atom. The smallest absolute Gasteiger partial charge is 0.416 e. The van der Waals surface area contributed by atoms with E-state index in [-0.39, 0.29) is 36.5 Å². The average Bonchev–Trinajstić information content (AvgIpc) is 2.99. The first-order valence-electron chi connectivity index (χ1n) is 10.5. The Bertz CT molecular complexity index is 779. The van der Waals surface area contributed by atoms with Crippen LogP contribution in [0.15, 0.2) is 48.6 Å². The lowest BCUT2D eigenvalue weighted by Crippen LogP contribution is -2.21. The molecule has 1 fully saturated rings. The number of benzene rings is 1. The van der Waals surface area contributed by atoms with Crippen LogP contribution in [0.25, 0.3) is 0 Å². The number of halogens is 3. The highest BCUT2D eigenvalue weighted by Gasteiger charge is 2.39. The second-order valence-corrected chi connectivity index (χ2v) is 7.96. The summed E-state index contributed by atoms with van der Waals surface area (Å²) in [5.74, 6) is -0.738. The molecule has 0 heterocycles. The molecule has 0 spiro atoms. The highest BCUT2D eigenvalue weighted by atomic mass is 19.4. The van der Waals surface area contributed by atoms with Crippen molar-refractivity contribution in [1.29, 1.82) is 0 Å². The quantitative estimate of drug-likeness (QED) is 0.301. The Balaban J connectivity index is 1.84. The third-order valence-corrected chi connectivity index (χ3v) is 5.44. The van der Waals surface area contributed by atoms with Crippen molar-refractivity contribution in [3.63, 3.8) is 0 Å². The zero-order valence-electron chi connectivity index (χ0n) is 17.6. The molecule has 178 valence electrons. The number of primary amides is 1. The number of rotatable bonds is 11. The number of ether oxygens (including phenoxy) is 1. The van der Waals surface area contributed by atoms with Gasteiger partial charge in [-0.05, 0) is 49.4 Å². The second kappa shape index (κ2) is 12.0. The van der Waals surface area contributed by atoms with Crippen molar-refractivity contribution in [2.75, 3.05) is 6.61 Å². The van der Waals surface area contributed by atoms with Crippen LogP contribution in [0.2, 0.25) is 0 Å². The molecule has 0 bridgehead atoms. The number of carbonyl (C=O) groups is 1. The summed E-state index contributed by atoms with van der Waals surface area (Å²) in [6, 6.07) is 4.17. The van der Waals surface area contributed by atoms with E-state index < -0.39 is 30.1 Å². The summed E-state index contributed by atoms with van der Waals surface area (Å²) in [7, 11) is 0. The highest BCUT2D eigenvalue weighted by molar-refractivity contribution is 5.73. The van der Waals surface area contributed by atoms with E-state index in [9.17, 15) is 33.3 Å². The van der Waals surface area contributed by atoms with Gasteiger partial charge in [-0.15, -0.1) is 0 Å². The zero-order valence-corrected chi connectivity index (χ0v) is 17.6. The van der Waals surface area contributed by atoms with Gasteiger partial charge in [0.15, 0.2) is 0 Å². The van der Waals surface area contributed by atoms with Gasteiger partial charge in [-0.2, -0.15) is 13.2 Å². The minimum atomic E-state index is -4.43. The fraction of sp³-hybridized carbons (Fsp3) is 0.522. The molecule has 0 aromatic heterocycles. The highest BCUT2D eigenvalue weighted by Crippen LogP contribution is 2.36. The topological polar surface area (TPSA) is 113 Å². The Morgan fingerprint density at radius 2 is 1.88 bits per heavy atom. The van der Waals surface area contributed by atoms with Gasteiger partial charge >= 0.3 is 6.18 Å². The summed E-state index contributed by atoms with van der Waals surface area (Å²) in [4.78, 5) is 10.7. The molecule has 2 rings (SSSR count). The van der Waals surface area contributed by atoms with Crippen LogP contribution >= 0.6 is 0 Å². The van der Waals surface area contributed by atoms with Crippen LogP contribution in [-0.4, -0.2) is 46.1 Å². The summed E-state index contributed by atoms with van der Waals surface area (Å²) in [5, 5.41) is 30.6. The molecule has 5 N–H and O–H groups in total. The lowest BCUT2D eigenvalue weighted by Gasteiger charge is -2.19. The molecule has 1 aliphatic carbocycles. The van der Waals surface area contributed by atoms with Gasteiger partial charge in [-0.1, -0.05) is 24.3 Å². The van der Waals surface area contributed by atoms with Gasteiger partial charge in [0.05, 0.1) is 17.8 Å². The Morgan fingerprint density at radius 3 is 2.50 bits per heavy atom. The third-order valence-electron chi connectivity index (χ3n) is 5.44. The molecule has 1 aliphatic rings. The maximum atomic E-state index is 12.6. The molecule has 5 unspecified atom stereocenters. The second-order valence-electron chi connectivity index (χ2n) is 7.96. The largest absolute Gasteiger partial charge is 0.491 e. The van der Waals surface area contributed by atoms with Gasteiger partial charge in [0.1, 0.15) is 18.5 Å². The minimum Gasteiger partial charge on any atom is -0.491 e. The summed E-state index contributed by atoms with van der Waals surface area (Å²) in [6.45, 7) is -0.169. The van der Waals surface area contributed by atoms with Crippen LogP contribution in [0.1, 0.15) is 37.7 Å². The molecular weight excluding hydrogens is 427 g/mol. The van der Waals surface area contributed by atoms with E-state index in [0.29, 0.717) is 25.7 Å². The van der Waals surface area contributed by atoms with Gasteiger partial charge in [-0.3, -0.25) is 4.79 Å². The van der Waals surface area contributed by atoms with E-state index in [2.05, 4.69) is 0 Å². The van der Waals surface area contributed by atoms with E-state index in [1.165, 1.54) is 18.2 Å². The molecule has 0 saturated heterocycles. The summed E-state index contributed by atoms with van der Waals surface area (Å²) in [5.41, 5.74) is 4.31. The lowest BCUT2D eigenvalue weighted by molar-refractivity contribution is -0.137. The summed E-state index contributed by atoms with van der Waals surface area (Å²) >= 11 is 0. The van der Waals surface area contributed by atoms with E-state index in [4.69, 9.17) is 10.5 Å². The maximum absolute atomic E-state index is 12.6.